The number of para-hydroxylation sites is 1. The molecule has 1 aliphatic rings. The Morgan fingerprint density at radius 2 is 2.06 bits per heavy atom. The van der Waals surface area contributed by atoms with Crippen molar-refractivity contribution >= 4 is 11.9 Å². The summed E-state index contributed by atoms with van der Waals surface area (Å²) in [5.41, 5.74) is 0.0143. The van der Waals surface area contributed by atoms with E-state index in [2.05, 4.69) is 0 Å². The highest BCUT2D eigenvalue weighted by molar-refractivity contribution is 5.88. The number of benzene rings is 1. The lowest BCUT2D eigenvalue weighted by atomic mass is 9.90. The van der Waals surface area contributed by atoms with Crippen molar-refractivity contribution < 1.29 is 19.1 Å². The van der Waals surface area contributed by atoms with E-state index in [9.17, 15) is 9.59 Å². The summed E-state index contributed by atoms with van der Waals surface area (Å²) in [7, 11) is 0. The van der Waals surface area contributed by atoms with Crippen molar-refractivity contribution in [1.29, 1.82) is 0 Å². The van der Waals surface area contributed by atoms with E-state index in [0.717, 1.165) is 0 Å². The van der Waals surface area contributed by atoms with Crippen LogP contribution in [-0.4, -0.2) is 11.9 Å². The molecule has 0 N–H and O–H groups in total. The molecule has 1 aromatic carbocycles. The fraction of sp³-hybridized carbons (Fsp3) is 0.429. The summed E-state index contributed by atoms with van der Waals surface area (Å²) in [5, 5.41) is 0. The number of esters is 2. The van der Waals surface area contributed by atoms with Crippen molar-refractivity contribution in [3.8, 4) is 5.75 Å². The second-order valence-corrected chi connectivity index (χ2v) is 4.98. The van der Waals surface area contributed by atoms with Crippen LogP contribution in [0.5, 0.6) is 5.75 Å². The molecule has 0 bridgehead atoms. The van der Waals surface area contributed by atoms with Crippen LogP contribution in [0.4, 0.5) is 0 Å². The van der Waals surface area contributed by atoms with Gasteiger partial charge in [-0.3, -0.25) is 4.79 Å². The van der Waals surface area contributed by atoms with Crippen LogP contribution in [0.2, 0.25) is 0 Å². The summed E-state index contributed by atoms with van der Waals surface area (Å²) >= 11 is 0. The summed E-state index contributed by atoms with van der Waals surface area (Å²) < 4.78 is 10.3. The molecular formula is C14H16O4. The third-order valence-electron chi connectivity index (χ3n) is 3.29. The zero-order chi connectivity index (χ0) is 13.3. The number of fused-ring (bicyclic) bond motifs is 1. The van der Waals surface area contributed by atoms with E-state index >= 15 is 0 Å². The standard InChI is InChI=1S/C14H16O4/c1-4-14(2,3)13(16)18-11-9-7-5-6-8-10(9)17-12(11)15/h5-8,11H,4H2,1-3H3. The zero-order valence-corrected chi connectivity index (χ0v) is 10.7. The first-order chi connectivity index (χ1) is 8.45. The fourth-order valence-corrected chi connectivity index (χ4v) is 1.60. The van der Waals surface area contributed by atoms with E-state index < -0.39 is 17.5 Å². The molecule has 1 aliphatic heterocycles. The minimum atomic E-state index is -0.931. The molecule has 0 amide bonds. The third kappa shape index (κ3) is 2.10. The molecule has 1 unspecified atom stereocenters. The molecule has 4 heteroatoms. The van der Waals surface area contributed by atoms with Crippen molar-refractivity contribution in [1.82, 2.24) is 0 Å². The molecule has 0 spiro atoms. The molecule has 0 aromatic heterocycles. The number of hydrogen-bond acceptors (Lipinski definition) is 4. The molecule has 0 saturated carbocycles. The molecule has 0 fully saturated rings. The highest BCUT2D eigenvalue weighted by Crippen LogP contribution is 2.37. The Morgan fingerprint density at radius 3 is 2.72 bits per heavy atom. The summed E-state index contributed by atoms with van der Waals surface area (Å²) in [4.78, 5) is 23.7. The van der Waals surface area contributed by atoms with Crippen LogP contribution in [0, 0.1) is 5.41 Å². The monoisotopic (exact) mass is 248 g/mol. The Balaban J connectivity index is 2.21. The zero-order valence-electron chi connectivity index (χ0n) is 10.7. The lowest BCUT2D eigenvalue weighted by molar-refractivity contribution is -0.167. The molecule has 0 aliphatic carbocycles. The highest BCUT2D eigenvalue weighted by Gasteiger charge is 2.39. The molecule has 18 heavy (non-hydrogen) atoms. The lowest BCUT2D eigenvalue weighted by Crippen LogP contribution is -2.29. The van der Waals surface area contributed by atoms with Crippen LogP contribution in [0.15, 0.2) is 24.3 Å². The van der Waals surface area contributed by atoms with E-state index in [1.165, 1.54) is 0 Å². The van der Waals surface area contributed by atoms with Crippen LogP contribution in [0.1, 0.15) is 38.9 Å². The van der Waals surface area contributed by atoms with Gasteiger partial charge in [-0.1, -0.05) is 25.1 Å². The van der Waals surface area contributed by atoms with Gasteiger partial charge in [0.1, 0.15) is 5.75 Å². The molecule has 2 rings (SSSR count). The first-order valence-electron chi connectivity index (χ1n) is 5.97. The molecule has 1 aromatic rings. The maximum atomic E-state index is 12.0. The maximum Gasteiger partial charge on any atom is 0.357 e. The smallest absolute Gasteiger partial charge is 0.357 e. The SMILES string of the molecule is CCC(C)(C)C(=O)OC1C(=O)Oc2ccccc21. The Morgan fingerprint density at radius 1 is 1.39 bits per heavy atom. The Labute approximate surface area is 106 Å². The van der Waals surface area contributed by atoms with Gasteiger partial charge in [-0.2, -0.15) is 0 Å². The van der Waals surface area contributed by atoms with E-state index in [1.54, 1.807) is 38.1 Å². The van der Waals surface area contributed by atoms with Crippen molar-refractivity contribution in [2.75, 3.05) is 0 Å². The number of ether oxygens (including phenoxy) is 2. The van der Waals surface area contributed by atoms with Crippen LogP contribution in [0.3, 0.4) is 0 Å². The van der Waals surface area contributed by atoms with Crippen LogP contribution < -0.4 is 4.74 Å². The van der Waals surface area contributed by atoms with Gasteiger partial charge in [-0.25, -0.2) is 4.79 Å². The van der Waals surface area contributed by atoms with Gasteiger partial charge < -0.3 is 9.47 Å². The van der Waals surface area contributed by atoms with E-state index in [1.807, 2.05) is 6.92 Å². The number of rotatable bonds is 3. The van der Waals surface area contributed by atoms with Crippen molar-refractivity contribution in [2.24, 2.45) is 5.41 Å². The fourth-order valence-electron chi connectivity index (χ4n) is 1.60. The molecule has 1 heterocycles. The van der Waals surface area contributed by atoms with Gasteiger partial charge in [0.25, 0.3) is 0 Å². The largest absolute Gasteiger partial charge is 0.445 e. The Bertz CT molecular complexity index is 490. The number of hydrogen-bond donors (Lipinski definition) is 0. The normalized spacial score (nSPS) is 18.2. The second kappa shape index (κ2) is 4.44. The summed E-state index contributed by atoms with van der Waals surface area (Å²) in [6.07, 6.45) is -0.283. The maximum absolute atomic E-state index is 12.0. The predicted molar refractivity (Wildman–Crippen MR) is 65.0 cm³/mol. The van der Waals surface area contributed by atoms with Gasteiger partial charge in [0.15, 0.2) is 0 Å². The first kappa shape index (κ1) is 12.6. The predicted octanol–water partition coefficient (Wildman–Crippen LogP) is 2.63. The van der Waals surface area contributed by atoms with Gasteiger partial charge >= 0.3 is 11.9 Å². The van der Waals surface area contributed by atoms with Crippen LogP contribution in [0.25, 0.3) is 0 Å². The van der Waals surface area contributed by atoms with Crippen molar-refractivity contribution in [2.45, 2.75) is 33.3 Å². The van der Waals surface area contributed by atoms with Crippen LogP contribution in [-0.2, 0) is 14.3 Å². The summed E-state index contributed by atoms with van der Waals surface area (Å²) in [6.45, 7) is 5.49. The molecule has 0 radical (unpaired) electrons. The van der Waals surface area contributed by atoms with Gasteiger partial charge in [0.2, 0.25) is 6.10 Å². The van der Waals surface area contributed by atoms with Crippen molar-refractivity contribution in [3.63, 3.8) is 0 Å². The van der Waals surface area contributed by atoms with E-state index in [0.29, 0.717) is 17.7 Å². The van der Waals surface area contributed by atoms with Crippen LogP contribution >= 0.6 is 0 Å². The average Bonchev–Trinajstić information content (AvgIpc) is 2.66. The lowest BCUT2D eigenvalue weighted by Gasteiger charge is -2.22. The third-order valence-corrected chi connectivity index (χ3v) is 3.29. The van der Waals surface area contributed by atoms with Gasteiger partial charge in [-0.05, 0) is 26.3 Å². The number of carbonyl (C=O) groups is 2. The minimum Gasteiger partial charge on any atom is -0.445 e. The quantitative estimate of drug-likeness (QED) is 0.609. The van der Waals surface area contributed by atoms with Gasteiger partial charge in [0, 0.05) is 5.56 Å². The summed E-state index contributed by atoms with van der Waals surface area (Å²) in [5.74, 6) is -0.449. The highest BCUT2D eigenvalue weighted by atomic mass is 16.6. The van der Waals surface area contributed by atoms with Gasteiger partial charge in [0.05, 0.1) is 5.41 Å². The Kier molecular flexibility index (Phi) is 3.11. The molecule has 0 saturated heterocycles. The molecular weight excluding hydrogens is 232 g/mol. The molecule has 96 valence electrons. The Hall–Kier alpha value is -1.84. The topological polar surface area (TPSA) is 52.6 Å². The van der Waals surface area contributed by atoms with E-state index in [-0.39, 0.29) is 5.97 Å². The average molecular weight is 248 g/mol. The molecule has 4 nitrogen and oxygen atoms in total. The molecule has 1 atom stereocenters. The second-order valence-electron chi connectivity index (χ2n) is 4.98. The first-order valence-corrected chi connectivity index (χ1v) is 5.97. The summed E-state index contributed by atoms with van der Waals surface area (Å²) in [6, 6.07) is 6.97. The van der Waals surface area contributed by atoms with E-state index in [4.69, 9.17) is 9.47 Å². The number of carbonyl (C=O) groups excluding carboxylic acids is 2. The van der Waals surface area contributed by atoms with Crippen molar-refractivity contribution in [3.05, 3.63) is 29.8 Å². The minimum absolute atomic E-state index is 0.386. The van der Waals surface area contributed by atoms with Gasteiger partial charge in [-0.15, -0.1) is 0 Å².